The van der Waals surface area contributed by atoms with Crippen LogP contribution in [0.15, 0.2) is 11.6 Å². The van der Waals surface area contributed by atoms with Crippen LogP contribution in [0.1, 0.15) is 106 Å². The molecule has 0 amide bonds. The first-order chi connectivity index (χ1) is 15.7. The molecule has 0 heterocycles. The summed E-state index contributed by atoms with van der Waals surface area (Å²) < 4.78 is 0. The van der Waals surface area contributed by atoms with Crippen molar-refractivity contribution in [3.8, 4) is 0 Å². The zero-order valence-corrected chi connectivity index (χ0v) is 22.4. The van der Waals surface area contributed by atoms with Crippen molar-refractivity contribution in [1.82, 2.24) is 0 Å². The fourth-order valence-corrected chi connectivity index (χ4v) is 10.6. The number of hydrogen-bond donors (Lipinski definition) is 3. The first kappa shape index (κ1) is 24.8. The van der Waals surface area contributed by atoms with Gasteiger partial charge >= 0.3 is 5.97 Å². The maximum atomic E-state index is 12.2. The molecule has 4 saturated carbocycles. The Kier molecular flexibility index (Phi) is 5.36. The van der Waals surface area contributed by atoms with Gasteiger partial charge in [-0.2, -0.15) is 0 Å². The summed E-state index contributed by atoms with van der Waals surface area (Å²) in [5.74, 6) is 0.605. The Hall–Kier alpha value is -0.870. The fraction of sp³-hybridized carbons (Fsp3) is 0.900. The molecule has 3 unspecified atom stereocenters. The van der Waals surface area contributed by atoms with Crippen LogP contribution in [0, 0.1) is 50.2 Å². The van der Waals surface area contributed by atoms with Gasteiger partial charge in [-0.05, 0) is 111 Å². The molecule has 4 nitrogen and oxygen atoms in total. The summed E-state index contributed by atoms with van der Waals surface area (Å²) in [6.45, 7) is 14.1. The van der Waals surface area contributed by atoms with Crippen LogP contribution in [-0.4, -0.2) is 34.0 Å². The van der Waals surface area contributed by atoms with Crippen LogP contribution in [0.3, 0.4) is 0 Å². The van der Waals surface area contributed by atoms with Crippen molar-refractivity contribution in [3.63, 3.8) is 0 Å². The number of aliphatic hydroxyl groups excluding tert-OH is 2. The summed E-state index contributed by atoms with van der Waals surface area (Å²) in [7, 11) is 0. The number of carbonyl (C=O) groups is 1. The molecule has 0 aliphatic heterocycles. The SMILES string of the molecule is CC1(C(=O)O)CC[C@]2(C)CC[C@]3(C)C(=CC[C@@H]4[C@@]5(C)CC[C@H](O)C(C)(CO)C5CC[C@]43C)[C@H]2C1. The molecular weight excluding hydrogens is 424 g/mol. The van der Waals surface area contributed by atoms with Gasteiger partial charge in [0.15, 0.2) is 0 Å². The molecule has 10 atom stereocenters. The van der Waals surface area contributed by atoms with Gasteiger partial charge in [-0.25, -0.2) is 0 Å². The van der Waals surface area contributed by atoms with E-state index in [1.807, 2.05) is 6.92 Å². The number of carboxylic acids is 1. The van der Waals surface area contributed by atoms with Crippen molar-refractivity contribution >= 4 is 5.97 Å². The van der Waals surface area contributed by atoms with Gasteiger partial charge < -0.3 is 15.3 Å². The molecule has 3 N–H and O–H groups in total. The number of aliphatic hydroxyl groups is 2. The largest absolute Gasteiger partial charge is 0.481 e. The molecule has 5 aliphatic rings. The lowest BCUT2D eigenvalue weighted by Crippen LogP contribution is -2.65. The minimum Gasteiger partial charge on any atom is -0.481 e. The van der Waals surface area contributed by atoms with Gasteiger partial charge in [-0.3, -0.25) is 4.79 Å². The molecule has 192 valence electrons. The smallest absolute Gasteiger partial charge is 0.309 e. The molecular formula is C30H48O4. The molecule has 4 heteroatoms. The van der Waals surface area contributed by atoms with Gasteiger partial charge in [0.1, 0.15) is 0 Å². The predicted octanol–water partition coefficient (Wildman–Crippen LogP) is 6.21. The third-order valence-corrected chi connectivity index (χ3v) is 13.5. The number of allylic oxidation sites excluding steroid dienone is 2. The first-order valence-electron chi connectivity index (χ1n) is 13.9. The van der Waals surface area contributed by atoms with E-state index in [0.29, 0.717) is 17.8 Å². The van der Waals surface area contributed by atoms with Gasteiger partial charge in [-0.1, -0.05) is 46.3 Å². The molecule has 5 aliphatic carbocycles. The molecule has 0 saturated heterocycles. The van der Waals surface area contributed by atoms with Gasteiger partial charge in [-0.15, -0.1) is 0 Å². The summed E-state index contributed by atoms with van der Waals surface area (Å²) in [6, 6.07) is 0. The van der Waals surface area contributed by atoms with Gasteiger partial charge in [0, 0.05) is 5.41 Å². The third kappa shape index (κ3) is 2.88. The van der Waals surface area contributed by atoms with E-state index in [4.69, 9.17) is 0 Å². The summed E-state index contributed by atoms with van der Waals surface area (Å²) in [5.41, 5.74) is 1.13. The number of hydrogen-bond acceptors (Lipinski definition) is 3. The van der Waals surface area contributed by atoms with E-state index in [2.05, 4.69) is 40.7 Å². The monoisotopic (exact) mass is 472 g/mol. The van der Waals surface area contributed by atoms with E-state index in [0.717, 1.165) is 51.4 Å². The van der Waals surface area contributed by atoms with Crippen molar-refractivity contribution in [2.75, 3.05) is 6.61 Å². The van der Waals surface area contributed by atoms with Crippen molar-refractivity contribution in [1.29, 1.82) is 0 Å². The van der Waals surface area contributed by atoms with Crippen LogP contribution in [0.2, 0.25) is 0 Å². The third-order valence-electron chi connectivity index (χ3n) is 13.5. The van der Waals surface area contributed by atoms with Crippen molar-refractivity contribution < 1.29 is 20.1 Å². The van der Waals surface area contributed by atoms with Crippen LogP contribution in [-0.2, 0) is 4.79 Å². The van der Waals surface area contributed by atoms with E-state index < -0.39 is 22.9 Å². The molecule has 5 rings (SSSR count). The minimum atomic E-state index is -0.626. The number of rotatable bonds is 2. The lowest BCUT2D eigenvalue weighted by atomic mass is 9.33. The molecule has 34 heavy (non-hydrogen) atoms. The molecule has 0 spiro atoms. The Balaban J connectivity index is 1.57. The second-order valence-corrected chi connectivity index (χ2v) is 14.8. The Morgan fingerprint density at radius 3 is 2.26 bits per heavy atom. The Morgan fingerprint density at radius 1 is 0.941 bits per heavy atom. The molecule has 0 radical (unpaired) electrons. The number of fused-ring (bicyclic) bond motifs is 7. The molecule has 0 bridgehead atoms. The fourth-order valence-electron chi connectivity index (χ4n) is 10.6. The van der Waals surface area contributed by atoms with Crippen molar-refractivity contribution in [2.24, 2.45) is 50.2 Å². The molecule has 0 aromatic carbocycles. The first-order valence-corrected chi connectivity index (χ1v) is 13.9. The van der Waals surface area contributed by atoms with Crippen LogP contribution in [0.4, 0.5) is 0 Å². The van der Waals surface area contributed by atoms with Crippen molar-refractivity contribution in [3.05, 3.63) is 11.6 Å². The van der Waals surface area contributed by atoms with Crippen LogP contribution < -0.4 is 0 Å². The second-order valence-electron chi connectivity index (χ2n) is 14.8. The van der Waals surface area contributed by atoms with E-state index in [-0.39, 0.29) is 28.3 Å². The second kappa shape index (κ2) is 7.34. The van der Waals surface area contributed by atoms with Crippen LogP contribution in [0.25, 0.3) is 0 Å². The van der Waals surface area contributed by atoms with E-state index >= 15 is 0 Å². The molecule has 0 aromatic rings. The average Bonchev–Trinajstić information content (AvgIpc) is 2.78. The highest BCUT2D eigenvalue weighted by Gasteiger charge is 2.68. The zero-order chi connectivity index (χ0) is 24.9. The highest BCUT2D eigenvalue weighted by molar-refractivity contribution is 5.74. The van der Waals surface area contributed by atoms with E-state index in [1.165, 1.54) is 12.8 Å². The number of carboxylic acid groups (broad SMARTS) is 1. The lowest BCUT2D eigenvalue weighted by Gasteiger charge is -2.71. The maximum absolute atomic E-state index is 12.2. The highest BCUT2D eigenvalue weighted by atomic mass is 16.4. The van der Waals surface area contributed by atoms with Gasteiger partial charge in [0.2, 0.25) is 0 Å². The maximum Gasteiger partial charge on any atom is 0.309 e. The van der Waals surface area contributed by atoms with E-state index in [9.17, 15) is 20.1 Å². The quantitative estimate of drug-likeness (QED) is 0.418. The normalized spacial score (nSPS) is 56.9. The standard InChI is InChI=1S/C30H48O4/c1-25-13-14-26(2,24(33)34)17-20(25)19-7-8-22-27(3)11-10-23(32)28(4,18-31)21(27)9-12-30(22,6)29(19,5)16-15-25/h7,20-23,31-32H,8-18H2,1-6H3,(H,33,34)/t20-,21?,22-,23+,25-,26?,27+,28?,29-,30-/m1/s1. The predicted molar refractivity (Wildman–Crippen MR) is 134 cm³/mol. The molecule has 4 fully saturated rings. The number of aliphatic carboxylic acids is 1. The van der Waals surface area contributed by atoms with Crippen LogP contribution in [0.5, 0.6) is 0 Å². The molecule has 0 aromatic heterocycles. The minimum absolute atomic E-state index is 0.0599. The Morgan fingerprint density at radius 2 is 1.62 bits per heavy atom. The topological polar surface area (TPSA) is 77.8 Å². The lowest BCUT2D eigenvalue weighted by molar-refractivity contribution is -0.215. The highest BCUT2D eigenvalue weighted by Crippen LogP contribution is 2.75. The Bertz CT molecular complexity index is 911. The van der Waals surface area contributed by atoms with E-state index in [1.54, 1.807) is 5.57 Å². The summed E-state index contributed by atoms with van der Waals surface area (Å²) >= 11 is 0. The summed E-state index contributed by atoms with van der Waals surface area (Å²) in [5, 5.41) is 31.4. The van der Waals surface area contributed by atoms with Crippen molar-refractivity contribution in [2.45, 2.75) is 112 Å². The summed E-state index contributed by atoms with van der Waals surface area (Å²) in [4.78, 5) is 12.2. The Labute approximate surface area is 206 Å². The van der Waals surface area contributed by atoms with Gasteiger partial charge in [0.05, 0.1) is 18.1 Å². The van der Waals surface area contributed by atoms with Crippen LogP contribution >= 0.6 is 0 Å². The average molecular weight is 473 g/mol. The zero-order valence-electron chi connectivity index (χ0n) is 22.4. The van der Waals surface area contributed by atoms with Gasteiger partial charge in [0.25, 0.3) is 0 Å². The summed E-state index contributed by atoms with van der Waals surface area (Å²) in [6.07, 6.45) is 12.2.